The molecule has 17 heavy (non-hydrogen) atoms. The molecule has 100 valence electrons. The standard InChI is InChI=1S/C14H29N3/c1-2-16-8-10-17(11-9-16)13-14(12-15)6-4-3-5-7-14/h2-13,15H2,1H3. The first kappa shape index (κ1) is 13.3. The molecular formula is C14H29N3. The van der Waals surface area contributed by atoms with E-state index in [2.05, 4.69) is 16.7 Å². The van der Waals surface area contributed by atoms with E-state index < -0.39 is 0 Å². The van der Waals surface area contributed by atoms with Gasteiger partial charge in [0.25, 0.3) is 0 Å². The van der Waals surface area contributed by atoms with Gasteiger partial charge in [-0.3, -0.25) is 0 Å². The van der Waals surface area contributed by atoms with Crippen LogP contribution in [0.1, 0.15) is 39.0 Å². The lowest BCUT2D eigenvalue weighted by Crippen LogP contribution is -2.51. The van der Waals surface area contributed by atoms with Gasteiger partial charge in [-0.15, -0.1) is 0 Å². The summed E-state index contributed by atoms with van der Waals surface area (Å²) in [4.78, 5) is 5.21. The summed E-state index contributed by atoms with van der Waals surface area (Å²) in [5.74, 6) is 0. The van der Waals surface area contributed by atoms with Crippen molar-refractivity contribution in [2.24, 2.45) is 11.1 Å². The van der Waals surface area contributed by atoms with Crippen LogP contribution in [0, 0.1) is 5.41 Å². The molecule has 3 nitrogen and oxygen atoms in total. The van der Waals surface area contributed by atoms with E-state index in [1.807, 2.05) is 0 Å². The Morgan fingerprint density at radius 1 is 0.941 bits per heavy atom. The molecular weight excluding hydrogens is 210 g/mol. The van der Waals surface area contributed by atoms with Gasteiger partial charge >= 0.3 is 0 Å². The Labute approximate surface area is 106 Å². The minimum atomic E-state index is 0.451. The van der Waals surface area contributed by atoms with Crippen molar-refractivity contribution in [3.63, 3.8) is 0 Å². The Kier molecular flexibility index (Phi) is 4.83. The van der Waals surface area contributed by atoms with E-state index in [1.165, 1.54) is 71.4 Å². The molecule has 1 aliphatic heterocycles. The molecule has 0 amide bonds. The summed E-state index contributed by atoms with van der Waals surface area (Å²) in [6.07, 6.45) is 6.93. The molecule has 3 heteroatoms. The zero-order valence-electron chi connectivity index (χ0n) is 11.5. The van der Waals surface area contributed by atoms with Gasteiger partial charge in [-0.25, -0.2) is 0 Å². The summed E-state index contributed by atoms with van der Waals surface area (Å²) in [6, 6.07) is 0. The van der Waals surface area contributed by atoms with Crippen molar-refractivity contribution >= 4 is 0 Å². The molecule has 1 saturated heterocycles. The van der Waals surface area contributed by atoms with Crippen molar-refractivity contribution < 1.29 is 0 Å². The Balaban J connectivity index is 1.82. The Morgan fingerprint density at radius 2 is 1.53 bits per heavy atom. The van der Waals surface area contributed by atoms with Crippen LogP contribution in [-0.4, -0.2) is 55.6 Å². The third kappa shape index (κ3) is 3.43. The van der Waals surface area contributed by atoms with E-state index >= 15 is 0 Å². The number of hydrogen-bond donors (Lipinski definition) is 1. The zero-order valence-corrected chi connectivity index (χ0v) is 11.5. The summed E-state index contributed by atoms with van der Waals surface area (Å²) in [5, 5.41) is 0. The van der Waals surface area contributed by atoms with Gasteiger partial charge in [0.2, 0.25) is 0 Å². The van der Waals surface area contributed by atoms with Gasteiger partial charge in [0, 0.05) is 32.7 Å². The number of likely N-dealkylation sites (N-methyl/N-ethyl adjacent to an activating group) is 1. The third-order valence-electron chi connectivity index (χ3n) is 4.82. The monoisotopic (exact) mass is 239 g/mol. The fourth-order valence-electron chi connectivity index (χ4n) is 3.47. The smallest absolute Gasteiger partial charge is 0.0110 e. The molecule has 1 saturated carbocycles. The van der Waals surface area contributed by atoms with Crippen LogP contribution in [-0.2, 0) is 0 Å². The van der Waals surface area contributed by atoms with E-state index in [0.29, 0.717) is 5.41 Å². The highest BCUT2D eigenvalue weighted by Gasteiger charge is 2.33. The van der Waals surface area contributed by atoms with Crippen LogP contribution in [0.2, 0.25) is 0 Å². The van der Waals surface area contributed by atoms with Crippen molar-refractivity contribution in [2.75, 3.05) is 45.8 Å². The van der Waals surface area contributed by atoms with Crippen molar-refractivity contribution in [1.82, 2.24) is 9.80 Å². The van der Waals surface area contributed by atoms with Gasteiger partial charge in [-0.05, 0) is 31.3 Å². The Bertz CT molecular complexity index is 216. The zero-order chi connectivity index (χ0) is 12.1. The average Bonchev–Trinajstić information content (AvgIpc) is 2.41. The second-order valence-corrected chi connectivity index (χ2v) is 5.98. The molecule has 0 unspecified atom stereocenters. The van der Waals surface area contributed by atoms with E-state index in [9.17, 15) is 0 Å². The molecule has 2 fully saturated rings. The van der Waals surface area contributed by atoms with Crippen LogP contribution in [0.3, 0.4) is 0 Å². The first-order valence-electron chi connectivity index (χ1n) is 7.43. The van der Waals surface area contributed by atoms with Crippen LogP contribution >= 0.6 is 0 Å². The fourth-order valence-corrected chi connectivity index (χ4v) is 3.47. The number of hydrogen-bond acceptors (Lipinski definition) is 3. The van der Waals surface area contributed by atoms with Gasteiger partial charge in [0.1, 0.15) is 0 Å². The van der Waals surface area contributed by atoms with Crippen molar-refractivity contribution in [1.29, 1.82) is 0 Å². The molecule has 0 spiro atoms. The summed E-state index contributed by atoms with van der Waals surface area (Å²) in [7, 11) is 0. The van der Waals surface area contributed by atoms with Gasteiger partial charge in [-0.1, -0.05) is 26.2 Å². The maximum atomic E-state index is 6.07. The van der Waals surface area contributed by atoms with Gasteiger partial charge in [-0.2, -0.15) is 0 Å². The highest BCUT2D eigenvalue weighted by molar-refractivity contribution is 4.88. The maximum absolute atomic E-state index is 6.07. The molecule has 0 atom stereocenters. The van der Waals surface area contributed by atoms with Crippen LogP contribution in [0.4, 0.5) is 0 Å². The van der Waals surface area contributed by atoms with Crippen molar-refractivity contribution in [3.05, 3.63) is 0 Å². The number of rotatable bonds is 4. The van der Waals surface area contributed by atoms with E-state index in [-0.39, 0.29) is 0 Å². The molecule has 2 N–H and O–H groups in total. The summed E-state index contributed by atoms with van der Waals surface area (Å²) in [5.41, 5.74) is 6.52. The third-order valence-corrected chi connectivity index (χ3v) is 4.82. The second-order valence-electron chi connectivity index (χ2n) is 5.98. The highest BCUT2D eigenvalue weighted by atomic mass is 15.3. The molecule has 1 heterocycles. The Morgan fingerprint density at radius 3 is 2.06 bits per heavy atom. The van der Waals surface area contributed by atoms with Gasteiger partial charge in [0.05, 0.1) is 0 Å². The number of nitrogens with zero attached hydrogens (tertiary/aromatic N) is 2. The quantitative estimate of drug-likeness (QED) is 0.807. The molecule has 1 aliphatic carbocycles. The predicted molar refractivity (Wildman–Crippen MR) is 73.1 cm³/mol. The van der Waals surface area contributed by atoms with Crippen LogP contribution in [0.5, 0.6) is 0 Å². The average molecular weight is 239 g/mol. The van der Waals surface area contributed by atoms with E-state index in [1.54, 1.807) is 0 Å². The molecule has 2 aliphatic rings. The van der Waals surface area contributed by atoms with E-state index in [4.69, 9.17) is 5.73 Å². The highest BCUT2D eigenvalue weighted by Crippen LogP contribution is 2.36. The largest absolute Gasteiger partial charge is 0.330 e. The van der Waals surface area contributed by atoms with Crippen LogP contribution in [0.25, 0.3) is 0 Å². The van der Waals surface area contributed by atoms with E-state index in [0.717, 1.165) is 6.54 Å². The minimum absolute atomic E-state index is 0.451. The summed E-state index contributed by atoms with van der Waals surface area (Å²) in [6.45, 7) is 10.6. The Hall–Kier alpha value is -0.120. The SMILES string of the molecule is CCN1CCN(CC2(CN)CCCCC2)CC1. The first-order valence-corrected chi connectivity index (χ1v) is 7.43. The molecule has 0 aromatic rings. The van der Waals surface area contributed by atoms with Crippen molar-refractivity contribution in [3.8, 4) is 0 Å². The lowest BCUT2D eigenvalue weighted by atomic mass is 9.73. The normalized spacial score (nSPS) is 27.2. The molecule has 0 aromatic heterocycles. The van der Waals surface area contributed by atoms with Crippen LogP contribution < -0.4 is 5.73 Å². The predicted octanol–water partition coefficient (Wildman–Crippen LogP) is 1.53. The van der Waals surface area contributed by atoms with Crippen LogP contribution in [0.15, 0.2) is 0 Å². The fraction of sp³-hybridized carbons (Fsp3) is 1.00. The summed E-state index contributed by atoms with van der Waals surface area (Å²) >= 11 is 0. The van der Waals surface area contributed by atoms with Crippen molar-refractivity contribution in [2.45, 2.75) is 39.0 Å². The number of nitrogens with two attached hydrogens (primary N) is 1. The molecule has 0 aromatic carbocycles. The lowest BCUT2D eigenvalue weighted by Gasteiger charge is -2.43. The molecule has 0 radical (unpaired) electrons. The minimum Gasteiger partial charge on any atom is -0.330 e. The molecule has 0 bridgehead atoms. The topological polar surface area (TPSA) is 32.5 Å². The van der Waals surface area contributed by atoms with Gasteiger partial charge < -0.3 is 15.5 Å². The molecule has 2 rings (SSSR count). The summed E-state index contributed by atoms with van der Waals surface area (Å²) < 4.78 is 0. The first-order chi connectivity index (χ1) is 8.28. The maximum Gasteiger partial charge on any atom is 0.0110 e. The van der Waals surface area contributed by atoms with Gasteiger partial charge in [0.15, 0.2) is 0 Å². The lowest BCUT2D eigenvalue weighted by molar-refractivity contribution is 0.0688. The second kappa shape index (κ2) is 6.17. The number of piperazine rings is 1.